The molecule has 2 fully saturated rings. The van der Waals surface area contributed by atoms with Gasteiger partial charge in [-0.3, -0.25) is 4.79 Å². The molecule has 0 atom stereocenters. The lowest BCUT2D eigenvalue weighted by molar-refractivity contribution is 0.0684. The Balaban J connectivity index is 2.05. The van der Waals surface area contributed by atoms with Crippen LogP contribution in [-0.2, 0) is 0 Å². The third-order valence-electron chi connectivity index (χ3n) is 4.77. The number of fused-ring (bicyclic) bond motifs is 1. The number of nitrogens with zero attached hydrogens (tertiary/aromatic N) is 2. The fourth-order valence-corrected chi connectivity index (χ4v) is 3.47. The van der Waals surface area contributed by atoms with Gasteiger partial charge in [0.1, 0.15) is 17.2 Å². The van der Waals surface area contributed by atoms with Crippen LogP contribution in [0, 0.1) is 11.6 Å². The second kappa shape index (κ2) is 5.80. The van der Waals surface area contributed by atoms with Crippen molar-refractivity contribution in [3.05, 3.63) is 39.7 Å². The largest absolute Gasteiger partial charge is 0.477 e. The van der Waals surface area contributed by atoms with Crippen molar-refractivity contribution in [1.82, 2.24) is 9.88 Å². The molecule has 2 aromatic rings. The number of pyridine rings is 1. The number of rotatable bonds is 3. The van der Waals surface area contributed by atoms with E-state index in [4.69, 9.17) is 0 Å². The fourth-order valence-electron chi connectivity index (χ4n) is 3.47. The molecule has 25 heavy (non-hydrogen) atoms. The standard InChI is InChI=1S/C17H17F2N3O3/c18-11-7-10-13(23)8-12(17(24)25)22(9-1-2-9)15(10)14(19)16(11)21-5-3-20-4-6-21/h7-9,20H,1-6H2,(H,24,25). The van der Waals surface area contributed by atoms with Crippen molar-refractivity contribution in [3.63, 3.8) is 0 Å². The summed E-state index contributed by atoms with van der Waals surface area (Å²) in [6.45, 7) is 2.07. The molecule has 132 valence electrons. The molecule has 1 aliphatic carbocycles. The highest BCUT2D eigenvalue weighted by Crippen LogP contribution is 2.40. The third-order valence-corrected chi connectivity index (χ3v) is 4.77. The predicted octanol–water partition coefficient (Wildman–Crippen LogP) is 1.72. The van der Waals surface area contributed by atoms with E-state index in [1.54, 1.807) is 4.90 Å². The predicted molar refractivity (Wildman–Crippen MR) is 88.4 cm³/mol. The number of aromatic carboxylic acids is 1. The summed E-state index contributed by atoms with van der Waals surface area (Å²) in [4.78, 5) is 25.4. The van der Waals surface area contributed by atoms with Crippen molar-refractivity contribution >= 4 is 22.6 Å². The lowest BCUT2D eigenvalue weighted by Gasteiger charge is -2.30. The van der Waals surface area contributed by atoms with E-state index in [1.807, 2.05) is 0 Å². The minimum atomic E-state index is -1.29. The summed E-state index contributed by atoms with van der Waals surface area (Å²) in [6, 6.07) is 1.81. The van der Waals surface area contributed by atoms with Crippen LogP contribution in [0.5, 0.6) is 0 Å². The number of benzene rings is 1. The monoisotopic (exact) mass is 349 g/mol. The summed E-state index contributed by atoms with van der Waals surface area (Å²) in [5.74, 6) is -2.95. The Labute approximate surface area is 141 Å². The Morgan fingerprint density at radius 1 is 1.20 bits per heavy atom. The normalized spacial score (nSPS) is 17.9. The smallest absolute Gasteiger partial charge is 0.352 e. The van der Waals surface area contributed by atoms with Gasteiger partial charge >= 0.3 is 5.97 Å². The van der Waals surface area contributed by atoms with Crippen molar-refractivity contribution in [2.45, 2.75) is 18.9 Å². The van der Waals surface area contributed by atoms with E-state index in [0.29, 0.717) is 39.0 Å². The number of aromatic nitrogens is 1. The first-order valence-corrected chi connectivity index (χ1v) is 8.25. The fraction of sp³-hybridized carbons (Fsp3) is 0.412. The van der Waals surface area contributed by atoms with Gasteiger partial charge in [0.2, 0.25) is 0 Å². The van der Waals surface area contributed by atoms with Crippen molar-refractivity contribution in [2.75, 3.05) is 31.1 Å². The lowest BCUT2D eigenvalue weighted by atomic mass is 10.1. The molecule has 0 radical (unpaired) electrons. The zero-order valence-corrected chi connectivity index (χ0v) is 13.4. The second-order valence-electron chi connectivity index (χ2n) is 6.45. The van der Waals surface area contributed by atoms with Gasteiger partial charge in [0.05, 0.1) is 10.9 Å². The zero-order chi connectivity index (χ0) is 17.7. The van der Waals surface area contributed by atoms with Crippen LogP contribution < -0.4 is 15.6 Å². The number of halogens is 2. The summed E-state index contributed by atoms with van der Waals surface area (Å²) in [5.41, 5.74) is -1.24. The number of hydrogen-bond acceptors (Lipinski definition) is 4. The minimum absolute atomic E-state index is 0.109. The molecular formula is C17H17F2N3O3. The highest BCUT2D eigenvalue weighted by molar-refractivity contribution is 5.92. The maximum atomic E-state index is 15.3. The molecule has 2 N–H and O–H groups in total. The van der Waals surface area contributed by atoms with Crippen LogP contribution in [0.2, 0.25) is 0 Å². The van der Waals surface area contributed by atoms with Crippen LogP contribution in [0.4, 0.5) is 14.5 Å². The molecule has 0 amide bonds. The van der Waals surface area contributed by atoms with Crippen LogP contribution in [0.25, 0.3) is 10.9 Å². The topological polar surface area (TPSA) is 74.6 Å². The van der Waals surface area contributed by atoms with Gasteiger partial charge in [-0.2, -0.15) is 0 Å². The molecule has 2 aliphatic rings. The number of piperazine rings is 1. The van der Waals surface area contributed by atoms with E-state index in [2.05, 4.69) is 5.32 Å². The van der Waals surface area contributed by atoms with Crippen LogP contribution in [0.1, 0.15) is 29.4 Å². The molecule has 0 bridgehead atoms. The Bertz CT molecular complexity index is 931. The average molecular weight is 349 g/mol. The highest BCUT2D eigenvalue weighted by Gasteiger charge is 2.32. The van der Waals surface area contributed by atoms with E-state index < -0.39 is 23.0 Å². The maximum absolute atomic E-state index is 15.3. The molecular weight excluding hydrogens is 332 g/mol. The van der Waals surface area contributed by atoms with Crippen LogP contribution >= 0.6 is 0 Å². The first kappa shape index (κ1) is 16.0. The van der Waals surface area contributed by atoms with Gasteiger partial charge in [-0.15, -0.1) is 0 Å². The van der Waals surface area contributed by atoms with E-state index in [9.17, 15) is 19.1 Å². The quantitative estimate of drug-likeness (QED) is 0.883. The molecule has 8 heteroatoms. The van der Waals surface area contributed by atoms with E-state index >= 15 is 4.39 Å². The zero-order valence-electron chi connectivity index (χ0n) is 13.4. The molecule has 0 spiro atoms. The molecule has 2 heterocycles. The first-order chi connectivity index (χ1) is 12.0. The van der Waals surface area contributed by atoms with Crippen molar-refractivity contribution in [3.8, 4) is 0 Å². The molecule has 6 nitrogen and oxygen atoms in total. The summed E-state index contributed by atoms with van der Waals surface area (Å²) in [5, 5.41) is 12.4. The van der Waals surface area contributed by atoms with Crippen LogP contribution in [0.3, 0.4) is 0 Å². The van der Waals surface area contributed by atoms with Gasteiger partial charge < -0.3 is 19.9 Å². The van der Waals surface area contributed by atoms with Gasteiger partial charge in [0, 0.05) is 38.3 Å². The van der Waals surface area contributed by atoms with E-state index in [1.165, 1.54) is 4.57 Å². The molecule has 1 saturated heterocycles. The molecule has 4 rings (SSSR count). The molecule has 1 aliphatic heterocycles. The Morgan fingerprint density at radius 3 is 2.48 bits per heavy atom. The number of nitrogens with one attached hydrogen (secondary N) is 1. The summed E-state index contributed by atoms with van der Waals surface area (Å²) in [6.07, 6.45) is 1.41. The van der Waals surface area contributed by atoms with Gasteiger partial charge in [0.25, 0.3) is 0 Å². The van der Waals surface area contributed by atoms with E-state index in [-0.39, 0.29) is 28.3 Å². The molecule has 1 aromatic carbocycles. The Hall–Kier alpha value is -2.48. The van der Waals surface area contributed by atoms with Gasteiger partial charge in [-0.05, 0) is 18.9 Å². The number of carboxylic acids is 1. The van der Waals surface area contributed by atoms with Crippen molar-refractivity contribution < 1.29 is 18.7 Å². The van der Waals surface area contributed by atoms with E-state index in [0.717, 1.165) is 12.1 Å². The van der Waals surface area contributed by atoms with Crippen LogP contribution in [0.15, 0.2) is 16.9 Å². The average Bonchev–Trinajstić information content (AvgIpc) is 3.41. The van der Waals surface area contributed by atoms with Gasteiger partial charge in [-0.25, -0.2) is 13.6 Å². The maximum Gasteiger partial charge on any atom is 0.352 e. The number of carboxylic acid groups (broad SMARTS) is 1. The SMILES string of the molecule is O=C(O)c1cc(=O)c2cc(F)c(N3CCNCC3)c(F)c2n1C1CC1. The molecule has 0 unspecified atom stereocenters. The summed E-state index contributed by atoms with van der Waals surface area (Å²) in [7, 11) is 0. The molecule has 1 aromatic heterocycles. The van der Waals surface area contributed by atoms with Gasteiger partial charge in [-0.1, -0.05) is 0 Å². The summed E-state index contributed by atoms with van der Waals surface area (Å²) >= 11 is 0. The third kappa shape index (κ3) is 2.57. The number of hydrogen-bond donors (Lipinski definition) is 2. The number of anilines is 1. The van der Waals surface area contributed by atoms with Gasteiger partial charge in [0.15, 0.2) is 11.2 Å². The van der Waals surface area contributed by atoms with Crippen molar-refractivity contribution in [2.24, 2.45) is 0 Å². The molecule has 1 saturated carbocycles. The first-order valence-electron chi connectivity index (χ1n) is 8.25. The number of carbonyl (C=O) groups is 1. The lowest BCUT2D eigenvalue weighted by Crippen LogP contribution is -2.44. The minimum Gasteiger partial charge on any atom is -0.477 e. The van der Waals surface area contributed by atoms with Crippen LogP contribution in [-0.4, -0.2) is 41.8 Å². The highest BCUT2D eigenvalue weighted by atomic mass is 19.1. The van der Waals surface area contributed by atoms with Crippen molar-refractivity contribution in [1.29, 1.82) is 0 Å². The second-order valence-corrected chi connectivity index (χ2v) is 6.45. The Kier molecular flexibility index (Phi) is 3.72. The Morgan fingerprint density at radius 2 is 1.88 bits per heavy atom. The summed E-state index contributed by atoms with van der Waals surface area (Å²) < 4.78 is 31.3.